The van der Waals surface area contributed by atoms with E-state index in [1.54, 1.807) is 48.5 Å². The Morgan fingerprint density at radius 2 is 1.34 bits per heavy atom. The number of hydrogen-bond acceptors (Lipinski definition) is 8. The summed E-state index contributed by atoms with van der Waals surface area (Å²) in [7, 11) is 1.32. The standard InChI is InChI=1S/C21H20O8/c1-26-21-18-16(23)17(15(10-22)27-21)28-19(24)13-8-4-2-6-11(13)12-7-3-5-9-14(12)20(25)29-18/h2-9,15-18,21-23H,10H2,1H3/t15-,16+,17-,18-,21-/m1/s1. The molecule has 2 aromatic carbocycles. The molecule has 0 aliphatic carbocycles. The van der Waals surface area contributed by atoms with Gasteiger partial charge in [0.15, 0.2) is 18.5 Å². The molecule has 8 nitrogen and oxygen atoms in total. The van der Waals surface area contributed by atoms with Gasteiger partial charge in [0.1, 0.15) is 12.2 Å². The average molecular weight is 400 g/mol. The number of aliphatic hydroxyl groups is 2. The van der Waals surface area contributed by atoms with E-state index in [4.69, 9.17) is 18.9 Å². The SMILES string of the molecule is CO[C@@H]1O[C@H](CO)[C@H]2OC(=O)c3ccccc3-c3ccccc3C(=O)O[C@@H]1[C@H]2O. The third-order valence-electron chi connectivity index (χ3n) is 5.10. The topological polar surface area (TPSA) is 112 Å². The molecule has 0 spiro atoms. The molecule has 1 saturated heterocycles. The van der Waals surface area contributed by atoms with Gasteiger partial charge >= 0.3 is 11.9 Å². The van der Waals surface area contributed by atoms with Crippen LogP contribution < -0.4 is 0 Å². The van der Waals surface area contributed by atoms with Crippen molar-refractivity contribution in [2.75, 3.05) is 13.7 Å². The van der Waals surface area contributed by atoms with E-state index in [1.165, 1.54) is 7.11 Å². The molecule has 2 heterocycles. The largest absolute Gasteiger partial charge is 0.453 e. The van der Waals surface area contributed by atoms with Crippen LogP contribution >= 0.6 is 0 Å². The summed E-state index contributed by atoms with van der Waals surface area (Å²) in [4.78, 5) is 25.9. The fourth-order valence-electron chi connectivity index (χ4n) is 3.67. The molecule has 0 amide bonds. The lowest BCUT2D eigenvalue weighted by atomic mass is 9.95. The van der Waals surface area contributed by atoms with Crippen LogP contribution in [-0.4, -0.2) is 66.6 Å². The fraction of sp³-hybridized carbons (Fsp3) is 0.333. The van der Waals surface area contributed by atoms with Gasteiger partial charge in [0, 0.05) is 7.11 Å². The fourth-order valence-corrected chi connectivity index (χ4v) is 3.67. The Kier molecular flexibility index (Phi) is 5.33. The normalized spacial score (nSPS) is 29.0. The Morgan fingerprint density at radius 1 is 0.862 bits per heavy atom. The Bertz CT molecular complexity index is 853. The summed E-state index contributed by atoms with van der Waals surface area (Å²) in [6.45, 7) is -0.530. The predicted molar refractivity (Wildman–Crippen MR) is 99.0 cm³/mol. The molecule has 2 aliphatic heterocycles. The first-order valence-electron chi connectivity index (χ1n) is 9.12. The highest BCUT2D eigenvalue weighted by atomic mass is 16.7. The number of esters is 2. The van der Waals surface area contributed by atoms with Crippen molar-refractivity contribution in [1.29, 1.82) is 0 Å². The lowest BCUT2D eigenvalue weighted by molar-refractivity contribution is -0.292. The van der Waals surface area contributed by atoms with Crippen LogP contribution in [0.4, 0.5) is 0 Å². The van der Waals surface area contributed by atoms with Gasteiger partial charge in [-0.1, -0.05) is 36.4 Å². The summed E-state index contributed by atoms with van der Waals surface area (Å²) in [5.74, 6) is -1.42. The van der Waals surface area contributed by atoms with Gasteiger partial charge in [-0.3, -0.25) is 0 Å². The number of benzene rings is 2. The number of rotatable bonds is 2. The minimum atomic E-state index is -1.46. The highest BCUT2D eigenvalue weighted by Gasteiger charge is 2.50. The van der Waals surface area contributed by atoms with Gasteiger partial charge in [-0.15, -0.1) is 0 Å². The van der Waals surface area contributed by atoms with Crippen molar-refractivity contribution in [3.05, 3.63) is 59.7 Å². The Balaban J connectivity index is 1.89. The molecule has 0 saturated carbocycles. The molecule has 0 unspecified atom stereocenters. The average Bonchev–Trinajstić information content (AvgIpc) is 2.76. The second kappa shape index (κ2) is 7.92. The van der Waals surface area contributed by atoms with E-state index in [9.17, 15) is 19.8 Å². The number of aliphatic hydroxyl groups excluding tert-OH is 2. The van der Waals surface area contributed by atoms with Crippen molar-refractivity contribution in [3.8, 4) is 11.1 Å². The number of hydrogen-bond donors (Lipinski definition) is 2. The lowest BCUT2D eigenvalue weighted by Gasteiger charge is -2.42. The molecule has 4 rings (SSSR count). The zero-order chi connectivity index (χ0) is 20.5. The van der Waals surface area contributed by atoms with Gasteiger partial charge in [0.25, 0.3) is 0 Å². The molecule has 2 N–H and O–H groups in total. The molecular formula is C21H20O8. The first kappa shape index (κ1) is 19.5. The molecule has 2 bridgehead atoms. The zero-order valence-electron chi connectivity index (χ0n) is 15.6. The summed E-state index contributed by atoms with van der Waals surface area (Å²) in [5, 5.41) is 20.5. The lowest BCUT2D eigenvalue weighted by Crippen LogP contribution is -2.61. The van der Waals surface area contributed by atoms with Crippen LogP contribution in [0.25, 0.3) is 11.1 Å². The van der Waals surface area contributed by atoms with Gasteiger partial charge in [0.05, 0.1) is 17.7 Å². The van der Waals surface area contributed by atoms with Gasteiger partial charge in [-0.05, 0) is 23.3 Å². The Labute approximate surface area is 166 Å². The summed E-state index contributed by atoms with van der Waals surface area (Å²) in [5.41, 5.74) is 1.41. The summed E-state index contributed by atoms with van der Waals surface area (Å²) in [6, 6.07) is 13.4. The van der Waals surface area contributed by atoms with Crippen LogP contribution in [0.15, 0.2) is 48.5 Å². The maximum atomic E-state index is 13.0. The third-order valence-corrected chi connectivity index (χ3v) is 5.10. The molecular weight excluding hydrogens is 380 g/mol. The highest BCUT2D eigenvalue weighted by Crippen LogP contribution is 2.33. The quantitative estimate of drug-likeness (QED) is 0.722. The van der Waals surface area contributed by atoms with Crippen LogP contribution in [0.2, 0.25) is 0 Å². The molecule has 0 aromatic heterocycles. The first-order chi connectivity index (χ1) is 14.0. The van der Waals surface area contributed by atoms with E-state index in [2.05, 4.69) is 0 Å². The van der Waals surface area contributed by atoms with Crippen LogP contribution in [0.5, 0.6) is 0 Å². The van der Waals surface area contributed by atoms with Crippen LogP contribution in [-0.2, 0) is 18.9 Å². The van der Waals surface area contributed by atoms with Crippen LogP contribution in [0.1, 0.15) is 20.7 Å². The van der Waals surface area contributed by atoms with E-state index in [0.29, 0.717) is 11.1 Å². The molecule has 152 valence electrons. The summed E-state index contributed by atoms with van der Waals surface area (Å²) < 4.78 is 21.8. The molecule has 2 aliphatic rings. The molecule has 29 heavy (non-hydrogen) atoms. The van der Waals surface area contributed by atoms with Crippen molar-refractivity contribution in [2.24, 2.45) is 0 Å². The molecule has 5 atom stereocenters. The first-order valence-corrected chi connectivity index (χ1v) is 9.12. The van der Waals surface area contributed by atoms with E-state index in [-0.39, 0.29) is 11.1 Å². The summed E-state index contributed by atoms with van der Waals surface area (Å²) in [6.07, 6.45) is -6.18. The Morgan fingerprint density at radius 3 is 1.83 bits per heavy atom. The molecule has 1 fully saturated rings. The monoisotopic (exact) mass is 400 g/mol. The minimum Gasteiger partial charge on any atom is -0.453 e. The van der Waals surface area contributed by atoms with Gasteiger partial charge in [-0.2, -0.15) is 0 Å². The minimum absolute atomic E-state index is 0.212. The van der Waals surface area contributed by atoms with Crippen LogP contribution in [0, 0.1) is 0 Å². The third kappa shape index (κ3) is 3.40. The van der Waals surface area contributed by atoms with E-state index < -0.39 is 49.3 Å². The van der Waals surface area contributed by atoms with Crippen molar-refractivity contribution < 1.29 is 38.7 Å². The van der Waals surface area contributed by atoms with E-state index in [1.807, 2.05) is 0 Å². The number of methoxy groups -OCH3 is 1. The second-order valence-corrected chi connectivity index (χ2v) is 6.78. The molecule has 8 heteroatoms. The van der Waals surface area contributed by atoms with Crippen molar-refractivity contribution in [3.63, 3.8) is 0 Å². The van der Waals surface area contributed by atoms with Crippen LogP contribution in [0.3, 0.4) is 0 Å². The maximum absolute atomic E-state index is 13.0. The number of ether oxygens (including phenoxy) is 4. The van der Waals surface area contributed by atoms with Gasteiger partial charge < -0.3 is 29.2 Å². The number of carbonyl (C=O) groups excluding carboxylic acids is 2. The zero-order valence-corrected chi connectivity index (χ0v) is 15.6. The van der Waals surface area contributed by atoms with Crippen molar-refractivity contribution in [2.45, 2.75) is 30.7 Å². The second-order valence-electron chi connectivity index (χ2n) is 6.78. The number of carbonyl (C=O) groups is 2. The maximum Gasteiger partial charge on any atom is 0.339 e. The Hall–Kier alpha value is -2.78. The van der Waals surface area contributed by atoms with Gasteiger partial charge in [-0.25, -0.2) is 9.59 Å². The van der Waals surface area contributed by atoms with E-state index >= 15 is 0 Å². The smallest absolute Gasteiger partial charge is 0.339 e. The van der Waals surface area contributed by atoms with Crippen molar-refractivity contribution in [1.82, 2.24) is 0 Å². The molecule has 2 aromatic rings. The predicted octanol–water partition coefficient (Wildman–Crippen LogP) is 1.14. The highest BCUT2D eigenvalue weighted by molar-refractivity contribution is 6.03. The molecule has 0 radical (unpaired) electrons. The van der Waals surface area contributed by atoms with Crippen molar-refractivity contribution >= 4 is 11.9 Å². The van der Waals surface area contributed by atoms with E-state index in [0.717, 1.165) is 0 Å². The summed E-state index contributed by atoms with van der Waals surface area (Å²) >= 11 is 0. The van der Waals surface area contributed by atoms with Gasteiger partial charge in [0.2, 0.25) is 0 Å². The number of fused-ring (bicyclic) bond motifs is 5.